The van der Waals surface area contributed by atoms with Gasteiger partial charge in [-0.3, -0.25) is 0 Å². The van der Waals surface area contributed by atoms with E-state index >= 15 is 0 Å². The topological polar surface area (TPSA) is 43.8 Å². The average Bonchev–Trinajstić information content (AvgIpc) is 2.87. The van der Waals surface area contributed by atoms with Crippen LogP contribution in [0.15, 0.2) is 36.4 Å². The Morgan fingerprint density at radius 2 is 2.05 bits per heavy atom. The van der Waals surface area contributed by atoms with Crippen molar-refractivity contribution in [1.82, 2.24) is 9.55 Å². The number of fused-ring (bicyclic) bond motifs is 1. The third-order valence-electron chi connectivity index (χ3n) is 3.87. The van der Waals surface area contributed by atoms with Crippen LogP contribution in [0.4, 0.5) is 0 Å². The summed E-state index contributed by atoms with van der Waals surface area (Å²) < 4.78 is 2.22. The zero-order valence-electron chi connectivity index (χ0n) is 12.2. The van der Waals surface area contributed by atoms with Crippen LogP contribution >= 0.6 is 11.6 Å². The van der Waals surface area contributed by atoms with Gasteiger partial charge >= 0.3 is 0 Å². The lowest BCUT2D eigenvalue weighted by atomic mass is 10.1. The zero-order chi connectivity index (χ0) is 15.0. The number of hydrogen-bond acceptors (Lipinski definition) is 2. The van der Waals surface area contributed by atoms with Crippen LogP contribution in [-0.4, -0.2) is 9.55 Å². The maximum atomic E-state index is 6.25. The Bertz CT molecular complexity index is 805. The highest BCUT2D eigenvalue weighted by Gasteiger charge is 2.14. The molecule has 0 aliphatic carbocycles. The number of halogens is 1. The highest BCUT2D eigenvalue weighted by Crippen LogP contribution is 2.30. The van der Waals surface area contributed by atoms with Crippen molar-refractivity contribution in [2.45, 2.75) is 26.9 Å². The SMILES string of the molecule is CCn1c(-c2cccc(Cl)c2C)nc2cc(CN)ccc21. The van der Waals surface area contributed by atoms with Crippen molar-refractivity contribution in [1.29, 1.82) is 0 Å². The Labute approximate surface area is 129 Å². The second kappa shape index (κ2) is 5.51. The summed E-state index contributed by atoms with van der Waals surface area (Å²) in [5.74, 6) is 0.960. The van der Waals surface area contributed by atoms with Gasteiger partial charge in [0.15, 0.2) is 0 Å². The summed E-state index contributed by atoms with van der Waals surface area (Å²) in [6.07, 6.45) is 0. The smallest absolute Gasteiger partial charge is 0.141 e. The van der Waals surface area contributed by atoms with Gasteiger partial charge < -0.3 is 10.3 Å². The molecule has 0 spiro atoms. The van der Waals surface area contributed by atoms with Crippen LogP contribution in [0, 0.1) is 6.92 Å². The Morgan fingerprint density at radius 3 is 2.76 bits per heavy atom. The van der Waals surface area contributed by atoms with Gasteiger partial charge in [-0.25, -0.2) is 4.98 Å². The number of rotatable bonds is 3. The predicted molar refractivity (Wildman–Crippen MR) is 88.5 cm³/mol. The molecule has 1 heterocycles. The molecule has 1 aromatic heterocycles. The molecule has 2 aromatic carbocycles. The molecule has 108 valence electrons. The molecule has 0 bridgehead atoms. The Morgan fingerprint density at radius 1 is 1.24 bits per heavy atom. The molecule has 0 radical (unpaired) electrons. The van der Waals surface area contributed by atoms with Crippen LogP contribution in [0.3, 0.4) is 0 Å². The van der Waals surface area contributed by atoms with Gasteiger partial charge in [-0.2, -0.15) is 0 Å². The molecular formula is C17H18ClN3. The molecule has 4 heteroatoms. The minimum Gasteiger partial charge on any atom is -0.326 e. The molecule has 0 aliphatic rings. The van der Waals surface area contributed by atoms with Crippen LogP contribution in [0.2, 0.25) is 5.02 Å². The van der Waals surface area contributed by atoms with Gasteiger partial charge in [-0.05, 0) is 43.2 Å². The molecule has 2 N–H and O–H groups in total. The first-order chi connectivity index (χ1) is 10.2. The molecule has 0 atom stereocenters. The van der Waals surface area contributed by atoms with Gasteiger partial charge in [0.05, 0.1) is 11.0 Å². The van der Waals surface area contributed by atoms with Crippen LogP contribution in [-0.2, 0) is 13.1 Å². The number of imidazole rings is 1. The zero-order valence-corrected chi connectivity index (χ0v) is 13.0. The monoisotopic (exact) mass is 299 g/mol. The van der Waals surface area contributed by atoms with Crippen molar-refractivity contribution in [2.75, 3.05) is 0 Å². The molecule has 0 unspecified atom stereocenters. The summed E-state index contributed by atoms with van der Waals surface area (Å²) in [5, 5.41) is 0.768. The van der Waals surface area contributed by atoms with Crippen molar-refractivity contribution in [3.63, 3.8) is 0 Å². The number of aromatic nitrogens is 2. The minimum absolute atomic E-state index is 0.528. The number of nitrogens with two attached hydrogens (primary N) is 1. The van der Waals surface area contributed by atoms with Gasteiger partial charge in [0.1, 0.15) is 5.82 Å². The van der Waals surface area contributed by atoms with Crippen molar-refractivity contribution in [3.05, 3.63) is 52.5 Å². The summed E-state index contributed by atoms with van der Waals surface area (Å²) in [6, 6.07) is 12.2. The normalized spacial score (nSPS) is 11.2. The lowest BCUT2D eigenvalue weighted by Gasteiger charge is -2.09. The fourth-order valence-electron chi connectivity index (χ4n) is 2.68. The van der Waals surface area contributed by atoms with E-state index in [1.54, 1.807) is 0 Å². The summed E-state index contributed by atoms with van der Waals surface area (Å²) >= 11 is 6.25. The van der Waals surface area contributed by atoms with Crippen LogP contribution in [0.5, 0.6) is 0 Å². The quantitative estimate of drug-likeness (QED) is 0.790. The first-order valence-corrected chi connectivity index (χ1v) is 7.48. The fraction of sp³-hybridized carbons (Fsp3) is 0.235. The van der Waals surface area contributed by atoms with E-state index in [2.05, 4.69) is 35.8 Å². The number of nitrogens with zero attached hydrogens (tertiary/aromatic N) is 2. The molecule has 0 aliphatic heterocycles. The van der Waals surface area contributed by atoms with Crippen LogP contribution in [0.25, 0.3) is 22.4 Å². The fourth-order valence-corrected chi connectivity index (χ4v) is 2.85. The standard InChI is InChI=1S/C17H18ClN3/c1-3-21-16-8-7-12(10-19)9-15(16)20-17(21)13-5-4-6-14(18)11(13)2/h4-9H,3,10,19H2,1-2H3. The summed E-state index contributed by atoms with van der Waals surface area (Å²) in [6.45, 7) is 5.55. The Balaban J connectivity index is 2.29. The molecule has 0 amide bonds. The van der Waals surface area contributed by atoms with Crippen molar-refractivity contribution in [2.24, 2.45) is 5.73 Å². The van der Waals surface area contributed by atoms with Crippen LogP contribution < -0.4 is 5.73 Å². The lowest BCUT2D eigenvalue weighted by molar-refractivity contribution is 0.795. The molecule has 3 nitrogen and oxygen atoms in total. The third kappa shape index (κ3) is 2.33. The molecule has 0 fully saturated rings. The summed E-state index contributed by atoms with van der Waals surface area (Å²) in [7, 11) is 0. The predicted octanol–water partition coefficient (Wildman–Crippen LogP) is 4.14. The minimum atomic E-state index is 0.528. The molecular weight excluding hydrogens is 282 g/mol. The summed E-state index contributed by atoms with van der Waals surface area (Å²) in [5.41, 5.74) is 11.1. The van der Waals surface area contributed by atoms with Gasteiger partial charge in [-0.1, -0.05) is 29.8 Å². The number of hydrogen-bond donors (Lipinski definition) is 1. The van der Waals surface area contributed by atoms with E-state index in [9.17, 15) is 0 Å². The van der Waals surface area contributed by atoms with E-state index in [4.69, 9.17) is 22.3 Å². The maximum Gasteiger partial charge on any atom is 0.141 e. The first-order valence-electron chi connectivity index (χ1n) is 7.10. The van der Waals surface area contributed by atoms with E-state index in [1.165, 1.54) is 0 Å². The molecule has 0 saturated heterocycles. The molecule has 3 aromatic rings. The van der Waals surface area contributed by atoms with Gasteiger partial charge in [0.25, 0.3) is 0 Å². The summed E-state index contributed by atoms with van der Waals surface area (Å²) in [4.78, 5) is 4.81. The second-order valence-corrected chi connectivity index (χ2v) is 5.53. The molecule has 0 saturated carbocycles. The Hall–Kier alpha value is -1.84. The highest BCUT2D eigenvalue weighted by molar-refractivity contribution is 6.31. The molecule has 21 heavy (non-hydrogen) atoms. The van der Waals surface area contributed by atoms with Crippen LogP contribution in [0.1, 0.15) is 18.1 Å². The number of aryl methyl sites for hydroxylation is 1. The second-order valence-electron chi connectivity index (χ2n) is 5.12. The highest BCUT2D eigenvalue weighted by atomic mass is 35.5. The largest absolute Gasteiger partial charge is 0.326 e. The Kier molecular flexibility index (Phi) is 3.70. The van der Waals surface area contributed by atoms with Crippen molar-refractivity contribution < 1.29 is 0 Å². The first kappa shape index (κ1) is 14.1. The van der Waals surface area contributed by atoms with Crippen molar-refractivity contribution >= 4 is 22.6 Å². The van der Waals surface area contributed by atoms with E-state index in [0.29, 0.717) is 6.54 Å². The maximum absolute atomic E-state index is 6.25. The van der Waals surface area contributed by atoms with Gasteiger partial charge in [-0.15, -0.1) is 0 Å². The van der Waals surface area contributed by atoms with E-state index in [1.807, 2.05) is 19.1 Å². The van der Waals surface area contributed by atoms with E-state index < -0.39 is 0 Å². The average molecular weight is 300 g/mol. The lowest BCUT2D eigenvalue weighted by Crippen LogP contribution is -1.99. The van der Waals surface area contributed by atoms with Gasteiger partial charge in [0.2, 0.25) is 0 Å². The van der Waals surface area contributed by atoms with Gasteiger partial charge in [0, 0.05) is 23.7 Å². The van der Waals surface area contributed by atoms with Crippen molar-refractivity contribution in [3.8, 4) is 11.4 Å². The molecule has 3 rings (SSSR count). The van der Waals surface area contributed by atoms with E-state index in [0.717, 1.165) is 45.1 Å². The van der Waals surface area contributed by atoms with E-state index in [-0.39, 0.29) is 0 Å². The third-order valence-corrected chi connectivity index (χ3v) is 4.28. The number of benzene rings is 2.